The molecule has 1 amide bonds. The van der Waals surface area contributed by atoms with Gasteiger partial charge in [-0.25, -0.2) is 38.8 Å². The van der Waals surface area contributed by atoms with Crippen molar-refractivity contribution in [2.75, 3.05) is 55.7 Å². The maximum Gasteiger partial charge on any atom is 0.408 e. The van der Waals surface area contributed by atoms with E-state index in [2.05, 4.69) is 35.3 Å². The molecule has 0 radical (unpaired) electrons. The summed E-state index contributed by atoms with van der Waals surface area (Å²) >= 11 is 0. The number of aromatic nitrogens is 6. The summed E-state index contributed by atoms with van der Waals surface area (Å²) in [5, 5.41) is 69.6. The number of hydrogen-bond acceptors (Lipinski definition) is 25. The fraction of sp³-hybridized carbons (Fsp3) is 0.507. The highest BCUT2D eigenvalue weighted by Crippen LogP contribution is 2.64. The van der Waals surface area contributed by atoms with Crippen molar-refractivity contribution in [2.24, 2.45) is 22.7 Å². The second-order valence-corrected chi connectivity index (χ2v) is 30.0. The summed E-state index contributed by atoms with van der Waals surface area (Å²) in [6.45, 7) is 19.7. The Morgan fingerprint density at radius 1 is 0.825 bits per heavy atom. The number of aliphatic hydroxyl groups excluding tert-OH is 2. The summed E-state index contributed by atoms with van der Waals surface area (Å²) in [6, 6.07) is 25.0. The number of carbonyl (C=O) groups is 6. The number of hydrogen-bond donors (Lipinski definition) is 7. The van der Waals surface area contributed by atoms with E-state index in [-0.39, 0.29) is 65.3 Å². The van der Waals surface area contributed by atoms with Gasteiger partial charge in [-0.1, -0.05) is 88.4 Å². The number of phenolic OH excluding ortho intramolecular Hbond substituents is 2. The fourth-order valence-corrected chi connectivity index (χ4v) is 16.1. The molecule has 548 valence electrons. The maximum atomic E-state index is 15.6. The molecule has 12 rings (SSSR count). The SMILES string of the molecule is CC(=O)O[C@@]12CO[C@@H]1C[C@H](O)[C@@]1(C)C(=O)[C@H](O)C3=C(C)[C@@H](OC(=O)[C@H](OC(=O)CC4CCN(c5ncnc(N6CCN(Cc7ccc(-n8c(-c9cc(C(C)C)c(O)cc9O)n[nH]c8=O)cc7)CC6)n5)CC4)[C@@H](NC(=O)OC(C)(C)C)c4ccccc4)C[C@@](O)([C@@H](OC(=O)c4ccccc4)[C@H]21)C3(C)C. The number of amides is 1. The number of aromatic amines is 1. The molecule has 7 N–H and O–H groups in total. The number of ketones is 1. The number of rotatable bonds is 18. The number of nitrogens with one attached hydrogen (secondary N) is 2. The molecule has 6 aliphatic rings. The zero-order valence-corrected chi connectivity index (χ0v) is 59.4. The van der Waals surface area contributed by atoms with Crippen molar-refractivity contribution >= 4 is 47.7 Å². The van der Waals surface area contributed by atoms with Gasteiger partial charge in [-0.2, -0.15) is 10.1 Å². The van der Waals surface area contributed by atoms with Crippen LogP contribution in [0.25, 0.3) is 17.1 Å². The van der Waals surface area contributed by atoms with Crippen molar-refractivity contribution in [1.29, 1.82) is 0 Å². The molecule has 0 spiro atoms. The largest absolute Gasteiger partial charge is 0.508 e. The van der Waals surface area contributed by atoms with Gasteiger partial charge in [-0.3, -0.25) is 19.3 Å². The predicted octanol–water partition coefficient (Wildman–Crippen LogP) is 6.70. The quantitative estimate of drug-likeness (QED) is 0.0267. The van der Waals surface area contributed by atoms with E-state index in [4.69, 9.17) is 33.4 Å². The van der Waals surface area contributed by atoms with Crippen LogP contribution in [0.15, 0.2) is 119 Å². The number of carbonyl (C=O) groups excluding carboxylic acids is 6. The van der Waals surface area contributed by atoms with Crippen LogP contribution in [0.4, 0.5) is 16.7 Å². The number of anilines is 2. The number of ether oxygens (including phenoxy) is 6. The number of Topliss-reactive ketones (excluding diaryl/α,β-unsaturated/α-hetero) is 1. The maximum absolute atomic E-state index is 15.6. The van der Waals surface area contributed by atoms with Crippen molar-refractivity contribution in [3.05, 3.63) is 147 Å². The molecule has 28 nitrogen and oxygen atoms in total. The molecular weight excluding hydrogens is 1330 g/mol. The number of piperazine rings is 1. The minimum absolute atomic E-state index is 0.0453. The number of aliphatic hydroxyl groups is 3. The number of piperidine rings is 1. The third-order valence-electron chi connectivity index (χ3n) is 21.6. The summed E-state index contributed by atoms with van der Waals surface area (Å²) < 4.78 is 38.4. The molecule has 6 aromatic rings. The number of aromatic hydroxyl groups is 2. The zero-order chi connectivity index (χ0) is 73.8. The van der Waals surface area contributed by atoms with Crippen LogP contribution >= 0.6 is 0 Å². The zero-order valence-electron chi connectivity index (χ0n) is 59.4. The van der Waals surface area contributed by atoms with Crippen molar-refractivity contribution in [2.45, 2.75) is 173 Å². The molecule has 4 aromatic carbocycles. The van der Waals surface area contributed by atoms with Crippen LogP contribution in [0.5, 0.6) is 11.5 Å². The fourth-order valence-electron chi connectivity index (χ4n) is 16.1. The van der Waals surface area contributed by atoms with Crippen molar-refractivity contribution in [3.63, 3.8) is 0 Å². The van der Waals surface area contributed by atoms with Gasteiger partial charge in [0.25, 0.3) is 0 Å². The van der Waals surface area contributed by atoms with Crippen LogP contribution in [0.1, 0.15) is 140 Å². The first-order valence-electron chi connectivity index (χ1n) is 34.9. The van der Waals surface area contributed by atoms with E-state index in [1.165, 1.54) is 42.9 Å². The van der Waals surface area contributed by atoms with E-state index in [0.717, 1.165) is 12.5 Å². The van der Waals surface area contributed by atoms with Crippen LogP contribution in [0.2, 0.25) is 0 Å². The van der Waals surface area contributed by atoms with E-state index >= 15 is 9.59 Å². The molecular formula is C75H90N10O18. The average molecular weight is 1420 g/mol. The van der Waals surface area contributed by atoms with E-state index in [0.29, 0.717) is 92.9 Å². The lowest BCUT2D eigenvalue weighted by molar-refractivity contribution is -0.346. The van der Waals surface area contributed by atoms with Gasteiger partial charge < -0.3 is 69.1 Å². The first-order valence-corrected chi connectivity index (χ1v) is 34.9. The average Bonchev–Trinajstić information content (AvgIpc) is 0.857. The minimum atomic E-state index is -2.47. The van der Waals surface area contributed by atoms with Gasteiger partial charge in [0.1, 0.15) is 59.5 Å². The van der Waals surface area contributed by atoms with E-state index in [1.54, 1.807) is 89.2 Å². The number of H-pyrrole nitrogens is 1. The molecule has 2 aromatic heterocycles. The number of nitrogens with zero attached hydrogens (tertiary/aromatic N) is 8. The number of alkyl carbamates (subject to hydrolysis) is 1. The number of phenols is 2. The Labute approximate surface area is 595 Å². The number of benzene rings is 4. The Morgan fingerprint density at radius 3 is 2.08 bits per heavy atom. The molecule has 3 aliphatic carbocycles. The molecule has 28 heteroatoms. The second-order valence-electron chi connectivity index (χ2n) is 30.0. The Hall–Kier alpha value is -9.61. The Balaban J connectivity index is 0.750. The normalized spacial score (nSPS) is 26.3. The molecule has 2 bridgehead atoms. The van der Waals surface area contributed by atoms with Crippen LogP contribution in [-0.2, 0) is 54.1 Å². The van der Waals surface area contributed by atoms with Gasteiger partial charge in [0.05, 0.1) is 40.9 Å². The Bertz CT molecular complexity index is 4280. The molecule has 0 unspecified atom stereocenters. The summed E-state index contributed by atoms with van der Waals surface area (Å²) in [5.41, 5.74) is -6.81. The molecule has 3 aliphatic heterocycles. The van der Waals surface area contributed by atoms with Gasteiger partial charge >= 0.3 is 35.7 Å². The van der Waals surface area contributed by atoms with Gasteiger partial charge in [-0.05, 0) is 117 Å². The lowest BCUT2D eigenvalue weighted by atomic mass is 9.44. The van der Waals surface area contributed by atoms with Crippen LogP contribution in [-0.4, -0.2) is 195 Å². The highest BCUT2D eigenvalue weighted by Gasteiger charge is 2.78. The van der Waals surface area contributed by atoms with Gasteiger partial charge in [0.2, 0.25) is 18.0 Å². The smallest absolute Gasteiger partial charge is 0.408 e. The lowest BCUT2D eigenvalue weighted by Gasteiger charge is -2.67. The van der Waals surface area contributed by atoms with Crippen LogP contribution in [0.3, 0.4) is 0 Å². The van der Waals surface area contributed by atoms with Crippen LogP contribution in [0, 0.1) is 22.7 Å². The molecule has 3 saturated heterocycles. The topological polar surface area (TPSA) is 370 Å². The van der Waals surface area contributed by atoms with Crippen molar-refractivity contribution in [1.82, 2.24) is 39.9 Å². The first kappa shape index (κ1) is 73.2. The Morgan fingerprint density at radius 2 is 1.47 bits per heavy atom. The van der Waals surface area contributed by atoms with E-state index in [1.807, 2.05) is 43.0 Å². The molecule has 103 heavy (non-hydrogen) atoms. The predicted molar refractivity (Wildman–Crippen MR) is 371 cm³/mol. The van der Waals surface area contributed by atoms with E-state index < -0.39 is 124 Å². The first-order chi connectivity index (χ1) is 48.8. The Kier molecular flexibility index (Phi) is 20.3. The number of fused-ring (bicyclic) bond motifs is 5. The van der Waals surface area contributed by atoms with E-state index in [9.17, 15) is 49.5 Å². The summed E-state index contributed by atoms with van der Waals surface area (Å²) in [6.07, 6.45) is -9.75. The van der Waals surface area contributed by atoms with Gasteiger partial charge in [0.15, 0.2) is 17.2 Å². The standard InChI is InChI=1S/C75H90N10O18/c1-41(2)49-34-50(52(88)35-51(49)87)64-80-81-69(95)85(64)48-23-21-45(22-24-48)38-82-29-31-84(32-30-82)68-77-40-76-67(79-68)83-27-25-44(26-28-83)33-56(90)100-60(58(46-17-13-11-14-18-46)78-70(96)103-71(5,6)7)66(94)99-53-37-75(97)63(101-65(93)47-19-15-12-16-20-47)61-73(10,62(92)59(91)57(42(53)3)72(75,8)9)54(89)36-55-74(61,39-98-55)102-43(4)86/h11-24,34-35,40-41,44,53-55,58-61,63,87-89,91,97H,25-33,36-39H2,1-10H3,(H,78,96)(H,81,95)/t53-,54-,55+,58-,59+,60+,61-,63-,73+,74-,75+/m0/s1. The third-order valence-corrected chi connectivity index (χ3v) is 21.6. The molecule has 5 heterocycles. The highest BCUT2D eigenvalue weighted by molar-refractivity contribution is 5.94. The van der Waals surface area contributed by atoms with Crippen molar-refractivity contribution < 1.29 is 82.7 Å². The molecule has 5 fully saturated rings. The number of esters is 4. The third kappa shape index (κ3) is 14.1. The van der Waals surface area contributed by atoms with Gasteiger partial charge in [-0.15, -0.1) is 0 Å². The minimum Gasteiger partial charge on any atom is -0.508 e. The molecule has 11 atom stereocenters. The summed E-state index contributed by atoms with van der Waals surface area (Å²) in [4.78, 5) is 121. The molecule has 2 saturated carbocycles. The van der Waals surface area contributed by atoms with Crippen molar-refractivity contribution in [3.8, 4) is 28.6 Å². The summed E-state index contributed by atoms with van der Waals surface area (Å²) in [5.74, 6) is -5.76. The monoisotopic (exact) mass is 1420 g/mol. The van der Waals surface area contributed by atoms with Crippen LogP contribution < -0.4 is 20.8 Å². The lowest BCUT2D eigenvalue weighted by Crippen LogP contribution is -2.81. The van der Waals surface area contributed by atoms with Gasteiger partial charge in [0, 0.05) is 83.5 Å². The summed E-state index contributed by atoms with van der Waals surface area (Å²) in [7, 11) is 0. The second kappa shape index (κ2) is 28.6. The highest BCUT2D eigenvalue weighted by atomic mass is 16.6.